The molecule has 1 aliphatic rings. The van der Waals surface area contributed by atoms with Gasteiger partial charge in [0.2, 0.25) is 0 Å². The van der Waals surface area contributed by atoms with Crippen molar-refractivity contribution >= 4 is 5.84 Å². The van der Waals surface area contributed by atoms with Gasteiger partial charge in [-0.15, -0.1) is 0 Å². The maximum absolute atomic E-state index is 7.88. The maximum Gasteiger partial charge on any atom is 0.107 e. The summed E-state index contributed by atoms with van der Waals surface area (Å²) in [6, 6.07) is 10.9. The minimum Gasteiger partial charge on any atom is -0.292 e. The van der Waals surface area contributed by atoms with Crippen molar-refractivity contribution in [1.82, 2.24) is 10.4 Å². The lowest BCUT2D eigenvalue weighted by molar-refractivity contribution is 0.214. The van der Waals surface area contributed by atoms with Crippen LogP contribution in [0.5, 0.6) is 0 Å². The van der Waals surface area contributed by atoms with Crippen molar-refractivity contribution in [3.8, 4) is 0 Å². The van der Waals surface area contributed by atoms with Crippen molar-refractivity contribution in [3.63, 3.8) is 0 Å². The molecule has 0 saturated heterocycles. The highest BCUT2D eigenvalue weighted by atomic mass is 15.5. The number of hydrazine groups is 1. The van der Waals surface area contributed by atoms with Crippen molar-refractivity contribution in [2.75, 3.05) is 0 Å². The van der Waals surface area contributed by atoms with Crippen LogP contribution in [-0.2, 0) is 6.54 Å². The number of hydrogen-bond acceptors (Lipinski definition) is 2. The van der Waals surface area contributed by atoms with Crippen LogP contribution in [0.4, 0.5) is 0 Å². The highest BCUT2D eigenvalue weighted by molar-refractivity contribution is 5.75. The number of benzene rings is 1. The van der Waals surface area contributed by atoms with Crippen LogP contribution in [0, 0.1) is 5.41 Å². The van der Waals surface area contributed by atoms with Crippen molar-refractivity contribution in [3.05, 3.63) is 35.9 Å². The first-order chi connectivity index (χ1) is 8.75. The second-order valence-electron chi connectivity index (χ2n) is 5.12. The summed E-state index contributed by atoms with van der Waals surface area (Å²) in [6.07, 6.45) is 6.46. The van der Waals surface area contributed by atoms with Crippen LogP contribution in [0.25, 0.3) is 0 Å². The van der Waals surface area contributed by atoms with Crippen molar-refractivity contribution in [2.45, 2.75) is 51.6 Å². The Balaban J connectivity index is 1.93. The predicted molar refractivity (Wildman–Crippen MR) is 75.4 cm³/mol. The van der Waals surface area contributed by atoms with Gasteiger partial charge in [0, 0.05) is 6.04 Å². The molecule has 1 saturated carbocycles. The molecule has 0 atom stereocenters. The Morgan fingerprint density at radius 3 is 2.50 bits per heavy atom. The van der Waals surface area contributed by atoms with E-state index in [9.17, 15) is 0 Å². The van der Waals surface area contributed by atoms with E-state index in [0.717, 1.165) is 6.54 Å². The van der Waals surface area contributed by atoms with Gasteiger partial charge in [-0.25, -0.2) is 5.43 Å². The lowest BCUT2D eigenvalue weighted by Crippen LogP contribution is -2.47. The molecule has 0 heterocycles. The fourth-order valence-corrected chi connectivity index (χ4v) is 2.48. The van der Waals surface area contributed by atoms with Gasteiger partial charge in [0.15, 0.2) is 0 Å². The van der Waals surface area contributed by atoms with E-state index in [0.29, 0.717) is 11.9 Å². The van der Waals surface area contributed by atoms with Crippen LogP contribution in [0.1, 0.15) is 44.6 Å². The molecule has 0 radical (unpaired) electrons. The first-order valence-corrected chi connectivity index (χ1v) is 6.88. The minimum atomic E-state index is 0.544. The summed E-state index contributed by atoms with van der Waals surface area (Å²) < 4.78 is 0. The maximum atomic E-state index is 7.88. The van der Waals surface area contributed by atoms with Crippen LogP contribution < -0.4 is 5.43 Å². The normalized spacial score (nSPS) is 16.5. The highest BCUT2D eigenvalue weighted by Gasteiger charge is 2.16. The fraction of sp³-hybridized carbons (Fsp3) is 0.533. The van der Waals surface area contributed by atoms with Gasteiger partial charge < -0.3 is 0 Å². The molecule has 3 nitrogen and oxygen atoms in total. The minimum absolute atomic E-state index is 0.544. The third-order valence-corrected chi connectivity index (χ3v) is 3.53. The molecule has 0 amide bonds. The topological polar surface area (TPSA) is 39.1 Å². The Labute approximate surface area is 110 Å². The summed E-state index contributed by atoms with van der Waals surface area (Å²) in [4.78, 5) is 0. The van der Waals surface area contributed by atoms with Crippen LogP contribution in [0.15, 0.2) is 30.3 Å². The van der Waals surface area contributed by atoms with E-state index in [1.165, 1.54) is 37.7 Å². The summed E-state index contributed by atoms with van der Waals surface area (Å²) >= 11 is 0. The molecule has 3 heteroatoms. The molecule has 18 heavy (non-hydrogen) atoms. The Bertz CT molecular complexity index is 369. The Morgan fingerprint density at radius 2 is 1.89 bits per heavy atom. The quantitative estimate of drug-likeness (QED) is 0.485. The second kappa shape index (κ2) is 6.55. The monoisotopic (exact) mass is 245 g/mol. The third kappa shape index (κ3) is 3.84. The number of rotatable bonds is 4. The largest absolute Gasteiger partial charge is 0.292 e. The van der Waals surface area contributed by atoms with Crippen molar-refractivity contribution < 1.29 is 0 Å². The van der Waals surface area contributed by atoms with Gasteiger partial charge >= 0.3 is 0 Å². The van der Waals surface area contributed by atoms with E-state index in [1.54, 1.807) is 0 Å². The average molecular weight is 245 g/mol. The zero-order valence-corrected chi connectivity index (χ0v) is 11.2. The summed E-state index contributed by atoms with van der Waals surface area (Å²) in [5.41, 5.74) is 4.76. The summed E-state index contributed by atoms with van der Waals surface area (Å²) in [6.45, 7) is 2.62. The van der Waals surface area contributed by atoms with E-state index in [2.05, 4.69) is 17.6 Å². The first-order valence-electron chi connectivity index (χ1n) is 6.88. The molecule has 1 aliphatic carbocycles. The number of amidine groups is 1. The van der Waals surface area contributed by atoms with Gasteiger partial charge in [0.1, 0.15) is 5.84 Å². The van der Waals surface area contributed by atoms with E-state index in [-0.39, 0.29) is 0 Å². The number of nitrogens with one attached hydrogen (secondary N) is 2. The zero-order chi connectivity index (χ0) is 12.8. The smallest absolute Gasteiger partial charge is 0.107 e. The molecule has 0 aliphatic heterocycles. The third-order valence-electron chi connectivity index (χ3n) is 3.53. The Hall–Kier alpha value is -1.35. The summed E-state index contributed by atoms with van der Waals surface area (Å²) in [5.74, 6) is 0.587. The van der Waals surface area contributed by atoms with Crippen molar-refractivity contribution in [2.24, 2.45) is 0 Å². The SMILES string of the molecule is CC(=N)N(Cc1ccccc1)NC1CCCCC1. The molecule has 98 valence electrons. The van der Waals surface area contributed by atoms with Crippen LogP contribution in [-0.4, -0.2) is 16.9 Å². The Morgan fingerprint density at radius 1 is 1.22 bits per heavy atom. The summed E-state index contributed by atoms with van der Waals surface area (Å²) in [5, 5.41) is 9.86. The molecule has 0 aromatic heterocycles. The van der Waals surface area contributed by atoms with E-state index >= 15 is 0 Å². The predicted octanol–water partition coefficient (Wildman–Crippen LogP) is 3.32. The fourth-order valence-electron chi connectivity index (χ4n) is 2.48. The zero-order valence-electron chi connectivity index (χ0n) is 11.2. The molecular weight excluding hydrogens is 222 g/mol. The van der Waals surface area contributed by atoms with Gasteiger partial charge in [-0.3, -0.25) is 10.4 Å². The number of nitrogens with zero attached hydrogens (tertiary/aromatic N) is 1. The lowest BCUT2D eigenvalue weighted by Gasteiger charge is -2.32. The van der Waals surface area contributed by atoms with Gasteiger partial charge in [0.05, 0.1) is 6.54 Å². The molecule has 0 bridgehead atoms. The molecule has 1 fully saturated rings. The van der Waals surface area contributed by atoms with Crippen LogP contribution in [0.3, 0.4) is 0 Å². The molecule has 1 aromatic rings. The standard InChI is InChI=1S/C15H23N3/c1-13(16)18(12-14-8-4-2-5-9-14)17-15-10-6-3-7-11-15/h2,4-5,8-9,15-17H,3,6-7,10-12H2,1H3. The average Bonchev–Trinajstić information content (AvgIpc) is 2.40. The van der Waals surface area contributed by atoms with E-state index in [4.69, 9.17) is 5.41 Å². The van der Waals surface area contributed by atoms with Crippen LogP contribution >= 0.6 is 0 Å². The van der Waals surface area contributed by atoms with Gasteiger partial charge in [-0.2, -0.15) is 0 Å². The van der Waals surface area contributed by atoms with Gasteiger partial charge in [-0.05, 0) is 25.3 Å². The molecule has 2 N–H and O–H groups in total. The van der Waals surface area contributed by atoms with Crippen LogP contribution in [0.2, 0.25) is 0 Å². The first kappa shape index (κ1) is 13.1. The van der Waals surface area contributed by atoms with Gasteiger partial charge in [0.25, 0.3) is 0 Å². The lowest BCUT2D eigenvalue weighted by atomic mass is 9.96. The molecule has 2 rings (SSSR count). The molecule has 0 unspecified atom stereocenters. The number of hydrogen-bond donors (Lipinski definition) is 2. The Kier molecular flexibility index (Phi) is 4.76. The van der Waals surface area contributed by atoms with E-state index in [1.807, 2.05) is 30.1 Å². The molecule has 1 aromatic carbocycles. The molecule has 0 spiro atoms. The van der Waals surface area contributed by atoms with E-state index < -0.39 is 0 Å². The van der Waals surface area contributed by atoms with Crippen molar-refractivity contribution in [1.29, 1.82) is 5.41 Å². The highest BCUT2D eigenvalue weighted by Crippen LogP contribution is 2.18. The van der Waals surface area contributed by atoms with Gasteiger partial charge in [-0.1, -0.05) is 49.6 Å². The summed E-state index contributed by atoms with van der Waals surface area (Å²) in [7, 11) is 0. The molecular formula is C15H23N3. The second-order valence-corrected chi connectivity index (χ2v) is 5.12.